The van der Waals surface area contributed by atoms with E-state index in [2.05, 4.69) is 22.9 Å². The van der Waals surface area contributed by atoms with Crippen LogP contribution in [-0.2, 0) is 10.1 Å². The molecule has 0 radical (unpaired) electrons. The second kappa shape index (κ2) is 9.43. The second-order valence-electron chi connectivity index (χ2n) is 6.90. The van der Waals surface area contributed by atoms with Crippen molar-refractivity contribution in [3.8, 4) is 0 Å². The second-order valence-corrected chi connectivity index (χ2v) is 9.31. The van der Waals surface area contributed by atoms with Gasteiger partial charge in [0.15, 0.2) is 0 Å². The number of alkyl halides is 2. The zero-order chi connectivity index (χ0) is 20.1. The molecule has 27 heavy (non-hydrogen) atoms. The zero-order valence-electron chi connectivity index (χ0n) is 15.3. The van der Waals surface area contributed by atoms with Crippen molar-refractivity contribution in [1.29, 1.82) is 0 Å². The fraction of sp³-hybridized carbons (Fsp3) is 0.500. The third kappa shape index (κ3) is 5.72. The van der Waals surface area contributed by atoms with Gasteiger partial charge in [0.05, 0.1) is 5.92 Å². The van der Waals surface area contributed by atoms with Gasteiger partial charge in [-0.05, 0) is 34.9 Å². The van der Waals surface area contributed by atoms with Crippen LogP contribution in [0.5, 0.6) is 0 Å². The summed E-state index contributed by atoms with van der Waals surface area (Å²) in [7, 11) is -5.50. The summed E-state index contributed by atoms with van der Waals surface area (Å²) in [4.78, 5) is 0. The van der Waals surface area contributed by atoms with Gasteiger partial charge in [0, 0.05) is 4.47 Å². The van der Waals surface area contributed by atoms with Gasteiger partial charge >= 0.3 is 15.4 Å². The zero-order valence-corrected chi connectivity index (χ0v) is 17.7. The number of fused-ring (bicyclic) bond motifs is 1. The fourth-order valence-corrected chi connectivity index (χ4v) is 4.28. The van der Waals surface area contributed by atoms with E-state index in [9.17, 15) is 17.2 Å². The van der Waals surface area contributed by atoms with Crippen molar-refractivity contribution < 1.29 is 21.8 Å². The van der Waals surface area contributed by atoms with Gasteiger partial charge in [0.1, 0.15) is 0 Å². The summed E-state index contributed by atoms with van der Waals surface area (Å²) in [6.45, 7) is 2.10. The lowest BCUT2D eigenvalue weighted by atomic mass is 9.91. The summed E-state index contributed by atoms with van der Waals surface area (Å²) in [6, 6.07) is 10.3. The maximum atomic E-state index is 14.5. The quantitative estimate of drug-likeness (QED) is 0.308. The topological polar surface area (TPSA) is 54.4 Å². The lowest BCUT2D eigenvalue weighted by Gasteiger charge is -2.25. The highest BCUT2D eigenvalue weighted by molar-refractivity contribution is 9.10. The van der Waals surface area contributed by atoms with E-state index in [1.165, 1.54) is 6.07 Å². The molecule has 150 valence electrons. The van der Waals surface area contributed by atoms with Crippen molar-refractivity contribution >= 4 is 36.8 Å². The Balaban J connectivity index is 2.27. The van der Waals surface area contributed by atoms with Crippen LogP contribution in [0.1, 0.15) is 63.4 Å². The molecule has 0 amide bonds. The molecule has 0 spiro atoms. The molecule has 0 aliphatic heterocycles. The molecule has 1 N–H and O–H groups in total. The molecule has 0 aromatic heterocycles. The summed E-state index contributed by atoms with van der Waals surface area (Å²) >= 11 is 3.37. The molecule has 2 aromatic rings. The van der Waals surface area contributed by atoms with E-state index in [1.807, 2.05) is 6.07 Å². The fourth-order valence-electron chi connectivity index (χ4n) is 3.29. The van der Waals surface area contributed by atoms with Gasteiger partial charge in [-0.25, -0.2) is 0 Å². The van der Waals surface area contributed by atoms with Crippen LogP contribution in [-0.4, -0.2) is 18.2 Å². The number of hydrogen-bond acceptors (Lipinski definition) is 2. The van der Waals surface area contributed by atoms with E-state index in [-0.39, 0.29) is 12.0 Å². The van der Waals surface area contributed by atoms with E-state index >= 15 is 0 Å². The van der Waals surface area contributed by atoms with Gasteiger partial charge in [-0.15, -0.1) is 0 Å². The molecule has 0 aliphatic rings. The van der Waals surface area contributed by atoms with Crippen LogP contribution in [0.2, 0.25) is 0 Å². The Hall–Kier alpha value is -1.05. The SMILES string of the molecule is CCCCCCCCC(c1ccc2cc(Br)ccc2c1)C(F)(F)S(=O)(=O)O. The van der Waals surface area contributed by atoms with E-state index in [1.54, 1.807) is 24.3 Å². The normalized spacial score (nSPS) is 13.8. The van der Waals surface area contributed by atoms with E-state index < -0.39 is 21.3 Å². The molecule has 0 bridgehead atoms. The molecule has 7 heteroatoms. The van der Waals surface area contributed by atoms with Crippen molar-refractivity contribution in [2.45, 2.75) is 63.0 Å². The minimum atomic E-state index is -5.50. The van der Waals surface area contributed by atoms with Crippen molar-refractivity contribution in [2.75, 3.05) is 0 Å². The Morgan fingerprint density at radius 2 is 1.59 bits per heavy atom. The molecule has 0 saturated heterocycles. The summed E-state index contributed by atoms with van der Waals surface area (Å²) in [6.07, 6.45) is 5.42. The van der Waals surface area contributed by atoms with Crippen molar-refractivity contribution in [2.24, 2.45) is 0 Å². The Bertz CT molecular complexity index is 869. The number of unbranched alkanes of at least 4 members (excludes halogenated alkanes) is 5. The Labute approximate surface area is 168 Å². The predicted octanol–water partition coefficient (Wildman–Crippen LogP) is 6.92. The lowest BCUT2D eigenvalue weighted by Crippen LogP contribution is -2.35. The first-order valence-electron chi connectivity index (χ1n) is 9.21. The predicted molar refractivity (Wildman–Crippen MR) is 109 cm³/mol. The lowest BCUT2D eigenvalue weighted by molar-refractivity contribution is 0.0459. The maximum Gasteiger partial charge on any atom is 0.376 e. The standard InChI is InChI=1S/C20H25BrF2O3S/c1-2-3-4-5-6-7-8-19(20(22,23)27(24,25)26)17-10-9-16-14-18(21)12-11-15(16)13-17/h9-14,19H,2-8H2,1H3,(H,24,25,26). The third-order valence-corrected chi connectivity index (χ3v) is 6.29. The Morgan fingerprint density at radius 1 is 1.00 bits per heavy atom. The average molecular weight is 463 g/mol. The molecule has 1 atom stereocenters. The van der Waals surface area contributed by atoms with Gasteiger partial charge in [0.25, 0.3) is 0 Å². The molecule has 3 nitrogen and oxygen atoms in total. The molecule has 1 unspecified atom stereocenters. The molecule has 0 aliphatic carbocycles. The van der Waals surface area contributed by atoms with E-state index in [0.29, 0.717) is 6.42 Å². The number of rotatable bonds is 10. The van der Waals surface area contributed by atoms with Crippen molar-refractivity contribution in [3.05, 3.63) is 46.4 Å². The maximum absolute atomic E-state index is 14.5. The van der Waals surface area contributed by atoms with Gasteiger partial charge < -0.3 is 0 Å². The molecule has 0 heterocycles. The number of halogens is 3. The van der Waals surface area contributed by atoms with Crippen LogP contribution < -0.4 is 0 Å². The minimum absolute atomic E-state index is 0.000942. The first kappa shape index (κ1) is 22.2. The van der Waals surface area contributed by atoms with Crippen LogP contribution in [0.4, 0.5) is 8.78 Å². The van der Waals surface area contributed by atoms with Crippen LogP contribution in [0.3, 0.4) is 0 Å². The van der Waals surface area contributed by atoms with Gasteiger partial charge in [0.2, 0.25) is 0 Å². The average Bonchev–Trinajstić information content (AvgIpc) is 2.59. The summed E-state index contributed by atoms with van der Waals surface area (Å²) < 4.78 is 61.7. The minimum Gasteiger partial charge on any atom is -0.281 e. The van der Waals surface area contributed by atoms with E-state index in [0.717, 1.165) is 47.3 Å². The van der Waals surface area contributed by atoms with Crippen LogP contribution in [0, 0.1) is 0 Å². The molecule has 2 aromatic carbocycles. The number of benzene rings is 2. The first-order chi connectivity index (χ1) is 12.7. The molecule has 2 rings (SSSR count). The molecule has 0 saturated carbocycles. The van der Waals surface area contributed by atoms with Crippen molar-refractivity contribution in [1.82, 2.24) is 0 Å². The Kier molecular flexibility index (Phi) is 7.77. The Morgan fingerprint density at radius 3 is 2.26 bits per heavy atom. The largest absolute Gasteiger partial charge is 0.376 e. The highest BCUT2D eigenvalue weighted by Crippen LogP contribution is 2.42. The highest BCUT2D eigenvalue weighted by atomic mass is 79.9. The third-order valence-electron chi connectivity index (χ3n) is 4.82. The van der Waals surface area contributed by atoms with Crippen LogP contribution >= 0.6 is 15.9 Å². The van der Waals surface area contributed by atoms with Crippen molar-refractivity contribution in [3.63, 3.8) is 0 Å². The summed E-state index contributed by atoms with van der Waals surface area (Å²) in [5.74, 6) is -1.58. The summed E-state index contributed by atoms with van der Waals surface area (Å²) in [5, 5.41) is -2.61. The summed E-state index contributed by atoms with van der Waals surface area (Å²) in [5.41, 5.74) is 0.223. The van der Waals surface area contributed by atoms with Gasteiger partial charge in [-0.1, -0.05) is 85.6 Å². The highest BCUT2D eigenvalue weighted by Gasteiger charge is 2.51. The van der Waals surface area contributed by atoms with E-state index in [4.69, 9.17) is 4.55 Å². The monoisotopic (exact) mass is 462 g/mol. The van der Waals surface area contributed by atoms with Gasteiger partial charge in [-0.2, -0.15) is 17.2 Å². The molecule has 0 fully saturated rings. The molecular weight excluding hydrogens is 438 g/mol. The first-order valence-corrected chi connectivity index (χ1v) is 11.4. The smallest absolute Gasteiger partial charge is 0.281 e. The van der Waals surface area contributed by atoms with Crippen LogP contribution in [0.25, 0.3) is 10.8 Å². The number of hydrogen-bond donors (Lipinski definition) is 1. The van der Waals surface area contributed by atoms with Gasteiger partial charge in [-0.3, -0.25) is 4.55 Å². The van der Waals surface area contributed by atoms with Crippen LogP contribution in [0.15, 0.2) is 40.9 Å². The molecular formula is C20H25BrF2O3S.